The van der Waals surface area contributed by atoms with Crippen LogP contribution < -0.4 is 14.8 Å². The summed E-state index contributed by atoms with van der Waals surface area (Å²) in [6.45, 7) is 0. The first-order chi connectivity index (χ1) is 14.5. The van der Waals surface area contributed by atoms with Gasteiger partial charge in [-0.3, -0.25) is 4.79 Å². The van der Waals surface area contributed by atoms with Crippen molar-refractivity contribution in [3.05, 3.63) is 71.3 Å². The Bertz CT molecular complexity index is 1090. The van der Waals surface area contributed by atoms with Crippen LogP contribution >= 0.6 is 11.6 Å². The Morgan fingerprint density at radius 2 is 1.63 bits per heavy atom. The third-order valence-corrected chi connectivity index (χ3v) is 4.05. The van der Waals surface area contributed by atoms with E-state index < -0.39 is 17.6 Å². The van der Waals surface area contributed by atoms with Gasteiger partial charge < -0.3 is 19.6 Å². The van der Waals surface area contributed by atoms with E-state index in [1.54, 1.807) is 42.5 Å². The Labute approximate surface area is 176 Å². The zero-order valence-corrected chi connectivity index (χ0v) is 16.7. The number of likely N-dealkylation sites (N-methyl/N-ethyl adjacent to an activating group) is 1. The molecule has 1 N–H and O–H groups in total. The van der Waals surface area contributed by atoms with E-state index in [2.05, 4.69) is 20.4 Å². The summed E-state index contributed by atoms with van der Waals surface area (Å²) in [5.74, 6) is -1.90. The molecule has 0 aliphatic heterocycles. The SMILES string of the molecule is CNC(=O)C(=NOC)c1ccccc1Oc1ncnc(Oc2ccccc2Cl)c1F. The topological polar surface area (TPSA) is 94.9 Å². The van der Waals surface area contributed by atoms with Crippen molar-refractivity contribution >= 4 is 23.2 Å². The average molecular weight is 431 g/mol. The van der Waals surface area contributed by atoms with Crippen LogP contribution in [0.4, 0.5) is 4.39 Å². The lowest BCUT2D eigenvalue weighted by atomic mass is 10.1. The van der Waals surface area contributed by atoms with Crippen LogP contribution in [0, 0.1) is 5.82 Å². The van der Waals surface area contributed by atoms with E-state index in [0.29, 0.717) is 0 Å². The Morgan fingerprint density at radius 3 is 2.27 bits per heavy atom. The second-order valence-electron chi connectivity index (χ2n) is 5.63. The van der Waals surface area contributed by atoms with Crippen molar-refractivity contribution in [2.75, 3.05) is 14.2 Å². The zero-order valence-electron chi connectivity index (χ0n) is 15.9. The lowest BCUT2D eigenvalue weighted by Crippen LogP contribution is -2.28. The first-order valence-electron chi connectivity index (χ1n) is 8.58. The third kappa shape index (κ3) is 4.64. The maximum Gasteiger partial charge on any atom is 0.273 e. The minimum absolute atomic E-state index is 0.0578. The van der Waals surface area contributed by atoms with Gasteiger partial charge in [0.2, 0.25) is 5.82 Å². The number of amides is 1. The van der Waals surface area contributed by atoms with Crippen LogP contribution in [0.1, 0.15) is 5.56 Å². The standard InChI is InChI=1S/C20H16ClFN4O4/c1-23-18(27)17(26-28-2)12-7-3-5-9-14(12)29-19-16(22)20(25-11-24-19)30-15-10-6-4-8-13(15)21/h3-11H,1-2H3,(H,23,27). The molecule has 0 radical (unpaired) electrons. The smallest absolute Gasteiger partial charge is 0.273 e. The molecule has 0 unspecified atom stereocenters. The Hall–Kier alpha value is -3.72. The molecular weight excluding hydrogens is 415 g/mol. The minimum atomic E-state index is -0.947. The molecule has 10 heteroatoms. The molecule has 0 saturated heterocycles. The fourth-order valence-corrected chi connectivity index (χ4v) is 2.56. The molecule has 0 aliphatic rings. The van der Waals surface area contributed by atoms with E-state index in [-0.39, 0.29) is 33.7 Å². The van der Waals surface area contributed by atoms with Gasteiger partial charge in [-0.2, -0.15) is 14.4 Å². The number of ether oxygens (including phenoxy) is 2. The van der Waals surface area contributed by atoms with Gasteiger partial charge in [-0.05, 0) is 24.3 Å². The molecule has 1 amide bonds. The van der Waals surface area contributed by atoms with Crippen molar-refractivity contribution in [1.82, 2.24) is 15.3 Å². The molecular formula is C20H16ClFN4O4. The predicted octanol–water partition coefficient (Wildman–Crippen LogP) is 3.95. The molecule has 8 nitrogen and oxygen atoms in total. The molecule has 30 heavy (non-hydrogen) atoms. The van der Waals surface area contributed by atoms with E-state index in [1.807, 2.05) is 0 Å². The molecule has 0 aliphatic carbocycles. The van der Waals surface area contributed by atoms with Crippen molar-refractivity contribution in [1.29, 1.82) is 0 Å². The normalized spacial score (nSPS) is 11.0. The maximum atomic E-state index is 14.9. The summed E-state index contributed by atoms with van der Waals surface area (Å²) in [6, 6.07) is 13.0. The number of aromatic nitrogens is 2. The molecule has 0 saturated carbocycles. The number of nitrogens with zero attached hydrogens (tertiary/aromatic N) is 3. The van der Waals surface area contributed by atoms with Gasteiger partial charge in [-0.1, -0.05) is 41.0 Å². The van der Waals surface area contributed by atoms with Crippen LogP contribution in [0.15, 0.2) is 60.0 Å². The summed E-state index contributed by atoms with van der Waals surface area (Å²) in [5.41, 5.74) is 0.211. The third-order valence-electron chi connectivity index (χ3n) is 3.74. The van der Waals surface area contributed by atoms with Gasteiger partial charge in [0.05, 0.1) is 10.6 Å². The fraction of sp³-hybridized carbons (Fsp3) is 0.100. The summed E-state index contributed by atoms with van der Waals surface area (Å²) in [7, 11) is 2.74. The van der Waals surface area contributed by atoms with Crippen LogP contribution in [0.3, 0.4) is 0 Å². The first-order valence-corrected chi connectivity index (χ1v) is 8.96. The van der Waals surface area contributed by atoms with Crippen LogP contribution in [0.2, 0.25) is 5.02 Å². The van der Waals surface area contributed by atoms with Crippen molar-refractivity contribution in [3.63, 3.8) is 0 Å². The zero-order chi connectivity index (χ0) is 21.5. The van der Waals surface area contributed by atoms with Gasteiger partial charge in [0.15, 0.2) is 5.71 Å². The summed E-state index contributed by atoms with van der Waals surface area (Å²) < 4.78 is 26.0. The predicted molar refractivity (Wildman–Crippen MR) is 108 cm³/mol. The van der Waals surface area contributed by atoms with Gasteiger partial charge in [-0.25, -0.2) is 0 Å². The number of oxime groups is 1. The average Bonchev–Trinajstić information content (AvgIpc) is 2.76. The highest BCUT2D eigenvalue weighted by molar-refractivity contribution is 6.45. The van der Waals surface area contributed by atoms with Gasteiger partial charge >= 0.3 is 0 Å². The lowest BCUT2D eigenvalue weighted by molar-refractivity contribution is -0.114. The van der Waals surface area contributed by atoms with Crippen LogP contribution in [0.25, 0.3) is 0 Å². The van der Waals surface area contributed by atoms with E-state index in [9.17, 15) is 9.18 Å². The quantitative estimate of drug-likeness (QED) is 0.450. The number of para-hydroxylation sites is 2. The molecule has 0 bridgehead atoms. The molecule has 1 aromatic heterocycles. The monoisotopic (exact) mass is 430 g/mol. The summed E-state index contributed by atoms with van der Waals surface area (Å²) in [4.78, 5) is 24.5. The fourth-order valence-electron chi connectivity index (χ4n) is 2.39. The molecule has 154 valence electrons. The van der Waals surface area contributed by atoms with Crippen LogP contribution in [-0.2, 0) is 9.63 Å². The highest BCUT2D eigenvalue weighted by Crippen LogP contribution is 2.33. The Kier molecular flexibility index (Phi) is 6.76. The number of hydrogen-bond donors (Lipinski definition) is 1. The molecule has 0 atom stereocenters. The summed E-state index contributed by atoms with van der Waals surface area (Å²) >= 11 is 6.04. The molecule has 3 rings (SSSR count). The number of hydrogen-bond acceptors (Lipinski definition) is 7. The lowest BCUT2D eigenvalue weighted by Gasteiger charge is -2.13. The number of nitrogens with one attached hydrogen (secondary N) is 1. The van der Waals surface area contributed by atoms with E-state index in [1.165, 1.54) is 20.2 Å². The number of benzene rings is 2. The Morgan fingerprint density at radius 1 is 1.03 bits per heavy atom. The van der Waals surface area contributed by atoms with E-state index >= 15 is 0 Å². The number of halogens is 2. The molecule has 3 aromatic rings. The largest absolute Gasteiger partial charge is 0.436 e. The number of carbonyl (C=O) groups is 1. The van der Waals surface area contributed by atoms with Crippen molar-refractivity contribution in [3.8, 4) is 23.3 Å². The Balaban J connectivity index is 1.96. The van der Waals surface area contributed by atoms with Gasteiger partial charge in [-0.15, -0.1) is 0 Å². The minimum Gasteiger partial charge on any atom is -0.436 e. The summed E-state index contributed by atoms with van der Waals surface area (Å²) in [5, 5.41) is 6.47. The van der Waals surface area contributed by atoms with Crippen molar-refractivity contribution in [2.45, 2.75) is 0 Å². The second kappa shape index (κ2) is 9.66. The second-order valence-corrected chi connectivity index (χ2v) is 6.04. The number of carbonyl (C=O) groups excluding carboxylic acids is 1. The molecule has 1 heterocycles. The first kappa shape index (κ1) is 21.0. The van der Waals surface area contributed by atoms with E-state index in [0.717, 1.165) is 6.33 Å². The molecule has 2 aromatic carbocycles. The van der Waals surface area contributed by atoms with Crippen LogP contribution in [-0.4, -0.2) is 35.7 Å². The molecule has 0 spiro atoms. The van der Waals surface area contributed by atoms with Gasteiger partial charge in [0.1, 0.15) is 24.9 Å². The summed E-state index contributed by atoms with van der Waals surface area (Å²) in [6.07, 6.45) is 1.08. The molecule has 0 fully saturated rings. The highest BCUT2D eigenvalue weighted by atomic mass is 35.5. The maximum absolute atomic E-state index is 14.9. The number of rotatable bonds is 7. The van der Waals surface area contributed by atoms with E-state index in [4.69, 9.17) is 25.9 Å². The van der Waals surface area contributed by atoms with Crippen molar-refractivity contribution in [2.24, 2.45) is 5.16 Å². The highest BCUT2D eigenvalue weighted by Gasteiger charge is 2.22. The van der Waals surface area contributed by atoms with Gasteiger partial charge in [0, 0.05) is 7.05 Å². The van der Waals surface area contributed by atoms with Gasteiger partial charge in [0.25, 0.3) is 17.7 Å². The van der Waals surface area contributed by atoms with Crippen molar-refractivity contribution < 1.29 is 23.5 Å². The van der Waals surface area contributed by atoms with Crippen LogP contribution in [0.5, 0.6) is 23.3 Å².